The summed E-state index contributed by atoms with van der Waals surface area (Å²) >= 11 is 0. The molecule has 0 unspecified atom stereocenters. The summed E-state index contributed by atoms with van der Waals surface area (Å²) in [6.45, 7) is 3.17. The highest BCUT2D eigenvalue weighted by Crippen LogP contribution is 2.30. The summed E-state index contributed by atoms with van der Waals surface area (Å²) in [5, 5.41) is 7.89. The summed E-state index contributed by atoms with van der Waals surface area (Å²) in [6, 6.07) is 6.93. The van der Waals surface area contributed by atoms with Crippen molar-refractivity contribution in [2.24, 2.45) is 7.05 Å². The van der Waals surface area contributed by atoms with Crippen molar-refractivity contribution in [3.05, 3.63) is 40.6 Å². The van der Waals surface area contributed by atoms with E-state index in [1.165, 1.54) is 52.9 Å². The Balaban J connectivity index is 1.99. The first-order valence-electron chi connectivity index (χ1n) is 7.50. The Morgan fingerprint density at radius 3 is 2.85 bits per heavy atom. The Kier molecular flexibility index (Phi) is 3.62. The van der Waals surface area contributed by atoms with Crippen LogP contribution in [0.25, 0.3) is 11.3 Å². The van der Waals surface area contributed by atoms with Gasteiger partial charge in [-0.2, -0.15) is 5.10 Å². The van der Waals surface area contributed by atoms with Gasteiger partial charge in [0.2, 0.25) is 0 Å². The van der Waals surface area contributed by atoms with Crippen molar-refractivity contribution in [2.75, 3.05) is 13.6 Å². The topological polar surface area (TPSA) is 29.9 Å². The number of aromatic nitrogens is 2. The van der Waals surface area contributed by atoms with Crippen LogP contribution in [-0.2, 0) is 26.3 Å². The molecule has 1 N–H and O–H groups in total. The van der Waals surface area contributed by atoms with E-state index < -0.39 is 0 Å². The molecule has 1 aliphatic carbocycles. The molecule has 0 saturated heterocycles. The van der Waals surface area contributed by atoms with E-state index in [1.54, 1.807) is 0 Å². The Hall–Kier alpha value is -1.61. The second kappa shape index (κ2) is 5.41. The van der Waals surface area contributed by atoms with Crippen molar-refractivity contribution in [3.63, 3.8) is 0 Å². The zero-order valence-electron chi connectivity index (χ0n) is 12.7. The van der Waals surface area contributed by atoms with Crippen molar-refractivity contribution in [2.45, 2.75) is 32.6 Å². The molecule has 3 heteroatoms. The van der Waals surface area contributed by atoms with Gasteiger partial charge in [-0.25, -0.2) is 0 Å². The van der Waals surface area contributed by atoms with Gasteiger partial charge < -0.3 is 5.32 Å². The molecule has 2 aromatic rings. The Morgan fingerprint density at radius 1 is 1.25 bits per heavy atom. The van der Waals surface area contributed by atoms with Gasteiger partial charge in [0, 0.05) is 25.6 Å². The van der Waals surface area contributed by atoms with E-state index in [4.69, 9.17) is 5.10 Å². The molecule has 0 fully saturated rings. The lowest BCUT2D eigenvalue weighted by atomic mass is 10.0. The molecule has 1 aliphatic rings. The minimum atomic E-state index is 0.974. The highest BCUT2D eigenvalue weighted by atomic mass is 15.3. The maximum Gasteiger partial charge on any atom is 0.0711 e. The second-order valence-electron chi connectivity index (χ2n) is 5.73. The van der Waals surface area contributed by atoms with Crippen LogP contribution in [0.2, 0.25) is 0 Å². The Morgan fingerprint density at radius 2 is 2.05 bits per heavy atom. The number of fused-ring (bicyclic) bond motifs is 1. The lowest BCUT2D eigenvalue weighted by Gasteiger charge is -2.07. The number of rotatable bonds is 4. The summed E-state index contributed by atoms with van der Waals surface area (Å²) in [4.78, 5) is 0. The summed E-state index contributed by atoms with van der Waals surface area (Å²) in [5.74, 6) is 0. The average Bonchev–Trinajstić information content (AvgIpc) is 3.00. The Labute approximate surface area is 121 Å². The third-order valence-corrected chi connectivity index (χ3v) is 4.37. The van der Waals surface area contributed by atoms with Gasteiger partial charge in [0.05, 0.1) is 11.4 Å². The second-order valence-corrected chi connectivity index (χ2v) is 5.73. The van der Waals surface area contributed by atoms with Crippen LogP contribution in [0.5, 0.6) is 0 Å². The maximum absolute atomic E-state index is 4.69. The van der Waals surface area contributed by atoms with E-state index in [1.807, 2.05) is 11.7 Å². The van der Waals surface area contributed by atoms with Gasteiger partial charge in [-0.05, 0) is 56.0 Å². The third kappa shape index (κ3) is 2.27. The fraction of sp³-hybridized carbons (Fsp3) is 0.471. The molecule has 3 nitrogen and oxygen atoms in total. The predicted octanol–water partition coefficient (Wildman–Crippen LogP) is 2.65. The van der Waals surface area contributed by atoms with Gasteiger partial charge in [-0.1, -0.05) is 12.1 Å². The summed E-state index contributed by atoms with van der Waals surface area (Å²) in [5.41, 5.74) is 8.17. The molecule has 0 atom stereocenters. The van der Waals surface area contributed by atoms with Crippen molar-refractivity contribution in [3.8, 4) is 11.3 Å². The number of nitrogens with zero attached hydrogens (tertiary/aromatic N) is 2. The zero-order chi connectivity index (χ0) is 14.1. The highest BCUT2D eigenvalue weighted by Gasteiger charge is 2.16. The predicted molar refractivity (Wildman–Crippen MR) is 83.0 cm³/mol. The number of aryl methyl sites for hydroxylation is 3. The third-order valence-electron chi connectivity index (χ3n) is 4.37. The first-order valence-corrected chi connectivity index (χ1v) is 7.50. The lowest BCUT2D eigenvalue weighted by Crippen LogP contribution is -2.11. The van der Waals surface area contributed by atoms with Gasteiger partial charge in [-0.3, -0.25) is 4.68 Å². The molecular formula is C17H23N3. The molecule has 0 saturated carbocycles. The molecule has 3 rings (SSSR count). The van der Waals surface area contributed by atoms with Crippen LogP contribution in [0.15, 0.2) is 18.2 Å². The average molecular weight is 269 g/mol. The van der Waals surface area contributed by atoms with Crippen molar-refractivity contribution in [1.29, 1.82) is 0 Å². The SMILES string of the molecule is CNCCc1nn(C)c(-c2ccc3c(c2)CCC3)c1C. The lowest BCUT2D eigenvalue weighted by molar-refractivity contribution is 0.720. The van der Waals surface area contributed by atoms with Crippen LogP contribution in [0.3, 0.4) is 0 Å². The van der Waals surface area contributed by atoms with E-state index in [2.05, 4.69) is 37.5 Å². The van der Waals surface area contributed by atoms with Crippen LogP contribution in [0, 0.1) is 6.92 Å². The van der Waals surface area contributed by atoms with Crippen molar-refractivity contribution >= 4 is 0 Å². The van der Waals surface area contributed by atoms with E-state index in [9.17, 15) is 0 Å². The molecule has 0 radical (unpaired) electrons. The first-order chi connectivity index (χ1) is 9.70. The molecule has 0 aliphatic heterocycles. The monoisotopic (exact) mass is 269 g/mol. The zero-order valence-corrected chi connectivity index (χ0v) is 12.7. The molecule has 0 bridgehead atoms. The Bertz CT molecular complexity index is 625. The molecule has 1 aromatic heterocycles. The largest absolute Gasteiger partial charge is 0.319 e. The quantitative estimate of drug-likeness (QED) is 0.924. The number of benzene rings is 1. The fourth-order valence-corrected chi connectivity index (χ4v) is 3.29. The smallest absolute Gasteiger partial charge is 0.0711 e. The summed E-state index contributed by atoms with van der Waals surface area (Å²) < 4.78 is 2.04. The minimum absolute atomic E-state index is 0.974. The first kappa shape index (κ1) is 13.4. The number of hydrogen-bond donors (Lipinski definition) is 1. The number of likely N-dealkylation sites (N-methyl/N-ethyl adjacent to an activating group) is 1. The van der Waals surface area contributed by atoms with Crippen LogP contribution >= 0.6 is 0 Å². The van der Waals surface area contributed by atoms with Crippen molar-refractivity contribution in [1.82, 2.24) is 15.1 Å². The molecule has 1 heterocycles. The molecule has 1 aromatic carbocycles. The van der Waals surface area contributed by atoms with Gasteiger partial charge in [-0.15, -0.1) is 0 Å². The molecule has 0 spiro atoms. The molecular weight excluding hydrogens is 246 g/mol. The van der Waals surface area contributed by atoms with E-state index >= 15 is 0 Å². The van der Waals surface area contributed by atoms with Crippen LogP contribution in [-0.4, -0.2) is 23.4 Å². The van der Waals surface area contributed by atoms with E-state index in [-0.39, 0.29) is 0 Å². The van der Waals surface area contributed by atoms with Gasteiger partial charge >= 0.3 is 0 Å². The molecule has 20 heavy (non-hydrogen) atoms. The molecule has 106 valence electrons. The fourth-order valence-electron chi connectivity index (χ4n) is 3.29. The molecule has 0 amide bonds. The normalized spacial score (nSPS) is 13.8. The minimum Gasteiger partial charge on any atom is -0.319 e. The number of hydrogen-bond acceptors (Lipinski definition) is 2. The maximum atomic E-state index is 4.69. The van der Waals surface area contributed by atoms with E-state index in [0.717, 1.165) is 13.0 Å². The van der Waals surface area contributed by atoms with Crippen LogP contribution in [0.4, 0.5) is 0 Å². The van der Waals surface area contributed by atoms with Gasteiger partial charge in [0.15, 0.2) is 0 Å². The standard InChI is InChI=1S/C17H23N3/c1-12-16(9-10-18-2)19-20(3)17(12)15-8-7-13-5-4-6-14(13)11-15/h7-8,11,18H,4-6,9-10H2,1-3H3. The van der Waals surface area contributed by atoms with Crippen molar-refractivity contribution < 1.29 is 0 Å². The summed E-state index contributed by atoms with van der Waals surface area (Å²) in [6.07, 6.45) is 4.76. The van der Waals surface area contributed by atoms with Gasteiger partial charge in [0.25, 0.3) is 0 Å². The highest BCUT2D eigenvalue weighted by molar-refractivity contribution is 5.66. The number of nitrogens with one attached hydrogen (secondary N) is 1. The van der Waals surface area contributed by atoms with Gasteiger partial charge in [0.1, 0.15) is 0 Å². The summed E-state index contributed by atoms with van der Waals surface area (Å²) in [7, 11) is 4.04. The van der Waals surface area contributed by atoms with Crippen LogP contribution < -0.4 is 5.32 Å². The van der Waals surface area contributed by atoms with Crippen LogP contribution in [0.1, 0.15) is 28.8 Å². The van der Waals surface area contributed by atoms with E-state index in [0.29, 0.717) is 0 Å².